The Kier molecular flexibility index (Phi) is 6.35. The molecule has 2 amide bonds. The molecule has 2 aromatic rings. The van der Waals surface area contributed by atoms with Gasteiger partial charge >= 0.3 is 6.03 Å². The van der Waals surface area contributed by atoms with Gasteiger partial charge < -0.3 is 15.1 Å². The molecule has 0 aromatic heterocycles. The van der Waals surface area contributed by atoms with Crippen LogP contribution in [-0.2, 0) is 11.4 Å². The quantitative estimate of drug-likeness (QED) is 0.798. The smallest absolute Gasteiger partial charge is 0.318 e. The van der Waals surface area contributed by atoms with Crippen LogP contribution in [0, 0.1) is 0 Å². The summed E-state index contributed by atoms with van der Waals surface area (Å²) in [6, 6.07) is 17.5. The average molecular weight is 386 g/mol. The number of carbonyl (C=O) groups is 1. The number of oxime groups is 1. The van der Waals surface area contributed by atoms with E-state index in [9.17, 15) is 4.79 Å². The van der Waals surface area contributed by atoms with Gasteiger partial charge in [0.1, 0.15) is 0 Å². The number of hydrogen-bond acceptors (Lipinski definition) is 3. The van der Waals surface area contributed by atoms with Crippen LogP contribution in [0.15, 0.2) is 59.8 Å². The SMILES string of the molecule is CC(C)NC(=O)N(Cc1ccccc1)C[C@@H]1CC(c2ccc(Cl)cc2)=NO1. The first kappa shape index (κ1) is 19.2. The second-order valence-corrected chi connectivity index (χ2v) is 7.38. The Hall–Kier alpha value is -2.53. The largest absolute Gasteiger partial charge is 0.390 e. The maximum Gasteiger partial charge on any atom is 0.318 e. The molecule has 0 saturated heterocycles. The zero-order chi connectivity index (χ0) is 19.2. The fraction of sp³-hybridized carbons (Fsp3) is 0.333. The zero-order valence-electron chi connectivity index (χ0n) is 15.6. The molecule has 3 rings (SSSR count). The summed E-state index contributed by atoms with van der Waals surface area (Å²) in [6.45, 7) is 4.89. The van der Waals surface area contributed by atoms with Crippen molar-refractivity contribution < 1.29 is 9.63 Å². The van der Waals surface area contributed by atoms with E-state index in [0.29, 0.717) is 24.5 Å². The molecule has 0 saturated carbocycles. The van der Waals surface area contributed by atoms with Crippen LogP contribution in [0.3, 0.4) is 0 Å². The molecule has 2 aromatic carbocycles. The van der Waals surface area contributed by atoms with Crippen LogP contribution >= 0.6 is 11.6 Å². The molecule has 142 valence electrons. The molecule has 0 fully saturated rings. The Morgan fingerprint density at radius 2 is 1.93 bits per heavy atom. The molecule has 0 bridgehead atoms. The van der Waals surface area contributed by atoms with E-state index in [1.165, 1.54) is 0 Å². The van der Waals surface area contributed by atoms with Gasteiger partial charge in [-0.3, -0.25) is 0 Å². The van der Waals surface area contributed by atoms with Crippen molar-refractivity contribution in [3.05, 3.63) is 70.7 Å². The predicted molar refractivity (Wildman–Crippen MR) is 108 cm³/mol. The van der Waals surface area contributed by atoms with Crippen molar-refractivity contribution in [2.24, 2.45) is 5.16 Å². The molecule has 0 radical (unpaired) electrons. The van der Waals surface area contributed by atoms with Crippen molar-refractivity contribution in [3.63, 3.8) is 0 Å². The third kappa shape index (κ3) is 5.47. The number of carbonyl (C=O) groups excluding carboxylic acids is 1. The number of amides is 2. The molecule has 1 aliphatic heterocycles. The monoisotopic (exact) mass is 385 g/mol. The van der Waals surface area contributed by atoms with Crippen LogP contribution < -0.4 is 5.32 Å². The van der Waals surface area contributed by atoms with E-state index in [4.69, 9.17) is 16.4 Å². The molecule has 0 unspecified atom stereocenters. The molecule has 1 atom stereocenters. The number of benzene rings is 2. The first-order valence-corrected chi connectivity index (χ1v) is 9.47. The average Bonchev–Trinajstić information content (AvgIpc) is 3.10. The fourth-order valence-electron chi connectivity index (χ4n) is 2.95. The highest BCUT2D eigenvalue weighted by molar-refractivity contribution is 6.30. The third-order valence-electron chi connectivity index (χ3n) is 4.25. The van der Waals surface area contributed by atoms with Crippen molar-refractivity contribution in [3.8, 4) is 0 Å². The topological polar surface area (TPSA) is 53.9 Å². The van der Waals surface area contributed by atoms with E-state index < -0.39 is 0 Å². The summed E-state index contributed by atoms with van der Waals surface area (Å²) in [5.41, 5.74) is 2.94. The predicted octanol–water partition coefficient (Wildman–Crippen LogP) is 4.45. The van der Waals surface area contributed by atoms with Gasteiger partial charge in [-0.05, 0) is 37.1 Å². The summed E-state index contributed by atoms with van der Waals surface area (Å²) in [5.74, 6) is 0. The maximum atomic E-state index is 12.6. The lowest BCUT2D eigenvalue weighted by Crippen LogP contribution is -2.45. The van der Waals surface area contributed by atoms with E-state index in [1.54, 1.807) is 4.90 Å². The Morgan fingerprint density at radius 3 is 2.59 bits per heavy atom. The fourth-order valence-corrected chi connectivity index (χ4v) is 3.07. The summed E-state index contributed by atoms with van der Waals surface area (Å²) < 4.78 is 0. The Bertz CT molecular complexity index is 791. The minimum Gasteiger partial charge on any atom is -0.390 e. The van der Waals surface area contributed by atoms with Gasteiger partial charge in [0.2, 0.25) is 0 Å². The van der Waals surface area contributed by atoms with Gasteiger partial charge in [0, 0.05) is 24.0 Å². The molecular formula is C21H24ClN3O2. The summed E-state index contributed by atoms with van der Waals surface area (Å²) in [5, 5.41) is 7.87. The molecule has 5 nitrogen and oxygen atoms in total. The van der Waals surface area contributed by atoms with Crippen molar-refractivity contribution in [2.75, 3.05) is 6.54 Å². The molecule has 27 heavy (non-hydrogen) atoms. The second-order valence-electron chi connectivity index (χ2n) is 6.95. The standard InChI is InChI=1S/C21H24ClN3O2/c1-15(2)23-21(26)25(13-16-6-4-3-5-7-16)14-19-12-20(24-27-19)17-8-10-18(22)11-9-17/h3-11,15,19H,12-14H2,1-2H3,(H,23,26)/t19-/m0/s1. The summed E-state index contributed by atoms with van der Waals surface area (Å²) in [7, 11) is 0. The molecule has 0 spiro atoms. The highest BCUT2D eigenvalue weighted by Gasteiger charge is 2.27. The van der Waals surface area contributed by atoms with Gasteiger partial charge in [0.25, 0.3) is 0 Å². The molecular weight excluding hydrogens is 362 g/mol. The molecule has 1 heterocycles. The summed E-state index contributed by atoms with van der Waals surface area (Å²) in [4.78, 5) is 20.0. The van der Waals surface area contributed by atoms with Crippen LogP contribution in [0.5, 0.6) is 0 Å². The number of halogens is 1. The zero-order valence-corrected chi connectivity index (χ0v) is 16.3. The van der Waals surface area contributed by atoms with E-state index in [1.807, 2.05) is 68.4 Å². The van der Waals surface area contributed by atoms with Gasteiger partial charge in [0.15, 0.2) is 6.10 Å². The molecule has 6 heteroatoms. The van der Waals surface area contributed by atoms with Crippen LogP contribution in [0.2, 0.25) is 5.02 Å². The van der Waals surface area contributed by atoms with Crippen molar-refractivity contribution in [2.45, 2.75) is 39.0 Å². The van der Waals surface area contributed by atoms with Crippen molar-refractivity contribution >= 4 is 23.3 Å². The first-order chi connectivity index (χ1) is 13.0. The first-order valence-electron chi connectivity index (χ1n) is 9.09. The summed E-state index contributed by atoms with van der Waals surface area (Å²) >= 11 is 5.95. The lowest BCUT2D eigenvalue weighted by atomic mass is 10.0. The number of nitrogens with one attached hydrogen (secondary N) is 1. The van der Waals surface area contributed by atoms with E-state index in [2.05, 4.69) is 10.5 Å². The van der Waals surface area contributed by atoms with Crippen molar-refractivity contribution in [1.82, 2.24) is 10.2 Å². The van der Waals surface area contributed by atoms with Gasteiger partial charge in [-0.25, -0.2) is 4.79 Å². The minimum atomic E-state index is -0.169. The molecule has 0 aliphatic carbocycles. The van der Waals surface area contributed by atoms with Crippen LogP contribution in [0.4, 0.5) is 4.79 Å². The third-order valence-corrected chi connectivity index (χ3v) is 4.50. The van der Waals surface area contributed by atoms with E-state index >= 15 is 0 Å². The van der Waals surface area contributed by atoms with Crippen LogP contribution in [0.25, 0.3) is 0 Å². The van der Waals surface area contributed by atoms with E-state index in [0.717, 1.165) is 16.8 Å². The normalized spacial score (nSPS) is 16.0. The minimum absolute atomic E-state index is 0.0705. The highest BCUT2D eigenvalue weighted by Crippen LogP contribution is 2.20. The number of hydrogen-bond donors (Lipinski definition) is 1. The van der Waals surface area contributed by atoms with Crippen LogP contribution in [-0.4, -0.2) is 35.3 Å². The maximum absolute atomic E-state index is 12.6. The lowest BCUT2D eigenvalue weighted by Gasteiger charge is -2.26. The van der Waals surface area contributed by atoms with Crippen LogP contribution in [0.1, 0.15) is 31.4 Å². The number of rotatable bonds is 6. The van der Waals surface area contributed by atoms with E-state index in [-0.39, 0.29) is 18.2 Å². The lowest BCUT2D eigenvalue weighted by molar-refractivity contribution is 0.0586. The number of nitrogens with zero attached hydrogens (tertiary/aromatic N) is 2. The Morgan fingerprint density at radius 1 is 1.22 bits per heavy atom. The van der Waals surface area contributed by atoms with Gasteiger partial charge in [-0.15, -0.1) is 0 Å². The van der Waals surface area contributed by atoms with Gasteiger partial charge in [-0.2, -0.15) is 0 Å². The summed E-state index contributed by atoms with van der Waals surface area (Å²) in [6.07, 6.45) is 0.485. The Labute approximate surface area is 165 Å². The molecule has 1 aliphatic rings. The highest BCUT2D eigenvalue weighted by atomic mass is 35.5. The van der Waals surface area contributed by atoms with Gasteiger partial charge in [-0.1, -0.05) is 59.2 Å². The Balaban J connectivity index is 1.65. The second kappa shape index (κ2) is 8.91. The van der Waals surface area contributed by atoms with Crippen molar-refractivity contribution in [1.29, 1.82) is 0 Å². The molecule has 1 N–H and O–H groups in total. The number of urea groups is 1. The van der Waals surface area contributed by atoms with Gasteiger partial charge in [0.05, 0.1) is 12.3 Å².